The fraction of sp³-hybridized carbons (Fsp3) is 0.943. The van der Waals surface area contributed by atoms with Crippen molar-refractivity contribution >= 4 is 11.9 Å². The number of ether oxygens (including phenoxy) is 2. The van der Waals surface area contributed by atoms with Gasteiger partial charge in [0.1, 0.15) is 12.7 Å². The maximum absolute atomic E-state index is 13.2. The molecule has 0 aliphatic carbocycles. The van der Waals surface area contributed by atoms with Gasteiger partial charge >= 0.3 is 11.9 Å². The standard InChI is InChI=1S/C35H69NO4/c1-6-9-12-15-17-18-19-21-24-28-33(40-34(37)29-25-30-36(4)5)31-39-35(38)32(26-22-14-11-8-3)27-23-20-16-13-10-7-2/h32-33H,6-31H2,1-5H3. The second kappa shape index (κ2) is 29.4. The van der Waals surface area contributed by atoms with E-state index in [1.165, 1.54) is 96.3 Å². The second-order valence-electron chi connectivity index (χ2n) is 12.4. The lowest BCUT2D eigenvalue weighted by molar-refractivity contribution is -0.162. The predicted molar refractivity (Wildman–Crippen MR) is 171 cm³/mol. The van der Waals surface area contributed by atoms with Crippen molar-refractivity contribution in [3.05, 3.63) is 0 Å². The normalized spacial score (nSPS) is 12.9. The number of nitrogens with zero attached hydrogens (tertiary/aromatic N) is 1. The lowest BCUT2D eigenvalue weighted by Crippen LogP contribution is -2.28. The van der Waals surface area contributed by atoms with Crippen LogP contribution in [0.3, 0.4) is 0 Å². The van der Waals surface area contributed by atoms with Crippen molar-refractivity contribution in [2.24, 2.45) is 5.92 Å². The molecule has 0 radical (unpaired) electrons. The first-order chi connectivity index (χ1) is 19.4. The van der Waals surface area contributed by atoms with E-state index in [0.29, 0.717) is 6.42 Å². The van der Waals surface area contributed by atoms with Gasteiger partial charge in [0.25, 0.3) is 0 Å². The van der Waals surface area contributed by atoms with E-state index in [2.05, 4.69) is 25.7 Å². The number of rotatable bonds is 30. The van der Waals surface area contributed by atoms with E-state index in [1.807, 2.05) is 14.1 Å². The fourth-order valence-electron chi connectivity index (χ4n) is 5.30. The Morgan fingerprint density at radius 1 is 0.575 bits per heavy atom. The minimum absolute atomic E-state index is 0.0211. The Labute approximate surface area is 249 Å². The first-order valence-corrected chi connectivity index (χ1v) is 17.4. The molecule has 0 aromatic heterocycles. The Hall–Kier alpha value is -1.10. The van der Waals surface area contributed by atoms with Crippen LogP contribution in [0.1, 0.15) is 175 Å². The highest BCUT2D eigenvalue weighted by molar-refractivity contribution is 5.72. The minimum Gasteiger partial charge on any atom is -0.462 e. The number of unbranched alkanes of at least 4 members (excludes halogenated alkanes) is 16. The first kappa shape index (κ1) is 38.9. The van der Waals surface area contributed by atoms with Crippen LogP contribution in [0.15, 0.2) is 0 Å². The summed E-state index contributed by atoms with van der Waals surface area (Å²) in [6.07, 6.45) is 26.9. The van der Waals surface area contributed by atoms with Crippen LogP contribution in [0.2, 0.25) is 0 Å². The SMILES string of the molecule is CCCCCCCCCCCC(COC(=O)C(CCCCCC)CCCCCCCC)OC(=O)CCCN(C)C. The zero-order valence-electron chi connectivity index (χ0n) is 27.6. The molecule has 5 heteroatoms. The third-order valence-electron chi connectivity index (χ3n) is 7.97. The molecule has 0 N–H and O–H groups in total. The van der Waals surface area contributed by atoms with Crippen molar-refractivity contribution in [3.8, 4) is 0 Å². The van der Waals surface area contributed by atoms with E-state index in [0.717, 1.165) is 57.9 Å². The molecule has 0 aliphatic rings. The van der Waals surface area contributed by atoms with E-state index < -0.39 is 0 Å². The van der Waals surface area contributed by atoms with Gasteiger partial charge in [-0.15, -0.1) is 0 Å². The third-order valence-corrected chi connectivity index (χ3v) is 7.97. The first-order valence-electron chi connectivity index (χ1n) is 17.4. The average Bonchev–Trinajstić information content (AvgIpc) is 2.93. The smallest absolute Gasteiger partial charge is 0.309 e. The molecule has 0 rings (SSSR count). The van der Waals surface area contributed by atoms with Crippen molar-refractivity contribution in [1.29, 1.82) is 0 Å². The summed E-state index contributed by atoms with van der Waals surface area (Å²) in [4.78, 5) is 27.8. The number of hydrogen-bond donors (Lipinski definition) is 0. The zero-order chi connectivity index (χ0) is 29.7. The van der Waals surface area contributed by atoms with E-state index in [1.54, 1.807) is 0 Å². The summed E-state index contributed by atoms with van der Waals surface area (Å²) >= 11 is 0. The molecule has 0 fully saturated rings. The molecule has 0 aromatic rings. The number of carbonyl (C=O) groups excluding carboxylic acids is 2. The molecule has 0 amide bonds. The van der Waals surface area contributed by atoms with Gasteiger partial charge in [-0.3, -0.25) is 9.59 Å². The quantitative estimate of drug-likeness (QED) is 0.0638. The highest BCUT2D eigenvalue weighted by Gasteiger charge is 2.22. The molecule has 5 nitrogen and oxygen atoms in total. The van der Waals surface area contributed by atoms with Crippen LogP contribution >= 0.6 is 0 Å². The van der Waals surface area contributed by atoms with Gasteiger partial charge < -0.3 is 14.4 Å². The Bertz CT molecular complexity index is 566. The topological polar surface area (TPSA) is 55.8 Å². The van der Waals surface area contributed by atoms with Crippen molar-refractivity contribution < 1.29 is 19.1 Å². The maximum Gasteiger partial charge on any atom is 0.309 e. The number of carbonyl (C=O) groups is 2. The monoisotopic (exact) mass is 568 g/mol. The molecular formula is C35H69NO4. The van der Waals surface area contributed by atoms with Gasteiger partial charge in [0.15, 0.2) is 0 Å². The van der Waals surface area contributed by atoms with Crippen molar-refractivity contribution in [1.82, 2.24) is 4.90 Å². The minimum atomic E-state index is -0.324. The van der Waals surface area contributed by atoms with Crippen LogP contribution in [-0.4, -0.2) is 50.2 Å². The number of hydrogen-bond acceptors (Lipinski definition) is 5. The van der Waals surface area contributed by atoms with E-state index >= 15 is 0 Å². The molecule has 2 atom stereocenters. The lowest BCUT2D eigenvalue weighted by atomic mass is 9.94. The van der Waals surface area contributed by atoms with Gasteiger partial charge in [-0.1, -0.05) is 136 Å². The molecule has 238 valence electrons. The van der Waals surface area contributed by atoms with Crippen LogP contribution in [0.5, 0.6) is 0 Å². The molecule has 40 heavy (non-hydrogen) atoms. The van der Waals surface area contributed by atoms with Crippen LogP contribution in [-0.2, 0) is 19.1 Å². The Morgan fingerprint density at radius 3 is 1.48 bits per heavy atom. The molecule has 0 aliphatic heterocycles. The molecule has 2 unspecified atom stereocenters. The molecule has 0 saturated heterocycles. The summed E-state index contributed by atoms with van der Waals surface area (Å²) in [7, 11) is 4.03. The average molecular weight is 568 g/mol. The van der Waals surface area contributed by atoms with Gasteiger partial charge in [0, 0.05) is 6.42 Å². The summed E-state index contributed by atoms with van der Waals surface area (Å²) < 4.78 is 11.7. The van der Waals surface area contributed by atoms with E-state index in [4.69, 9.17) is 9.47 Å². The van der Waals surface area contributed by atoms with Crippen molar-refractivity contribution in [2.75, 3.05) is 27.2 Å². The lowest BCUT2D eigenvalue weighted by Gasteiger charge is -2.21. The molecule has 0 bridgehead atoms. The predicted octanol–water partition coefficient (Wildman–Crippen LogP) is 10.0. The van der Waals surface area contributed by atoms with Gasteiger partial charge in [0.2, 0.25) is 0 Å². The summed E-state index contributed by atoms with van der Waals surface area (Å²) in [6.45, 7) is 7.79. The summed E-state index contributed by atoms with van der Waals surface area (Å²) in [5, 5.41) is 0. The van der Waals surface area contributed by atoms with Crippen LogP contribution in [0.25, 0.3) is 0 Å². The Balaban J connectivity index is 4.75. The maximum atomic E-state index is 13.2. The van der Waals surface area contributed by atoms with Crippen LogP contribution in [0, 0.1) is 5.92 Å². The van der Waals surface area contributed by atoms with Crippen molar-refractivity contribution in [2.45, 2.75) is 181 Å². The molecule has 0 aromatic carbocycles. The number of esters is 2. The Kier molecular flexibility index (Phi) is 28.6. The molecule has 0 heterocycles. The van der Waals surface area contributed by atoms with Crippen LogP contribution < -0.4 is 0 Å². The van der Waals surface area contributed by atoms with Gasteiger partial charge in [0.05, 0.1) is 5.92 Å². The van der Waals surface area contributed by atoms with Gasteiger partial charge in [-0.2, -0.15) is 0 Å². The Morgan fingerprint density at radius 2 is 1.00 bits per heavy atom. The van der Waals surface area contributed by atoms with Gasteiger partial charge in [-0.25, -0.2) is 0 Å². The third kappa shape index (κ3) is 25.8. The zero-order valence-corrected chi connectivity index (χ0v) is 27.6. The van der Waals surface area contributed by atoms with Gasteiger partial charge in [-0.05, 0) is 52.7 Å². The summed E-state index contributed by atoms with van der Waals surface area (Å²) in [5.41, 5.74) is 0. The van der Waals surface area contributed by atoms with E-state index in [-0.39, 0.29) is 30.6 Å². The summed E-state index contributed by atoms with van der Waals surface area (Å²) in [6, 6.07) is 0. The molecule has 0 saturated carbocycles. The fourth-order valence-corrected chi connectivity index (χ4v) is 5.30. The highest BCUT2D eigenvalue weighted by atomic mass is 16.6. The second-order valence-corrected chi connectivity index (χ2v) is 12.4. The molecular weight excluding hydrogens is 498 g/mol. The van der Waals surface area contributed by atoms with E-state index in [9.17, 15) is 9.59 Å². The van der Waals surface area contributed by atoms with Crippen LogP contribution in [0.4, 0.5) is 0 Å². The molecule has 0 spiro atoms. The largest absolute Gasteiger partial charge is 0.462 e. The highest BCUT2D eigenvalue weighted by Crippen LogP contribution is 2.21. The van der Waals surface area contributed by atoms with Crippen molar-refractivity contribution in [3.63, 3.8) is 0 Å². The summed E-state index contributed by atoms with van der Waals surface area (Å²) in [5.74, 6) is -0.264.